The van der Waals surface area contributed by atoms with E-state index in [1.165, 1.54) is 48.5 Å². The Kier molecular flexibility index (Phi) is 12.1. The number of aliphatic carboxylic acids is 2. The molecule has 0 radical (unpaired) electrons. The molecule has 0 aliphatic heterocycles. The molecule has 0 aromatic heterocycles. The molecule has 0 aliphatic rings. The standard InChI is InChI=1S/C28H36N4O9/c1-3-15(2)24(29)27(39)31-21(14-23(35)36)26(38)30-20(12-16-4-8-18(33)9-5-16)25(37)32-22(28(40)41)13-17-6-10-19(34)11-7-17/h4-11,15,20-22,24,33-34H,3,12-14,29H2,1-2H3,(H,30,38)(H,31,39)(H,32,37)(H,35,36)(H,40,41). The third-order valence-electron chi connectivity index (χ3n) is 6.57. The maximum Gasteiger partial charge on any atom is 0.326 e. The number of nitrogens with one attached hydrogen (secondary N) is 3. The molecule has 0 bridgehead atoms. The predicted octanol–water partition coefficient (Wildman–Crippen LogP) is 0.270. The van der Waals surface area contributed by atoms with E-state index in [1.807, 2.05) is 6.92 Å². The number of carboxylic acid groups (broad SMARTS) is 2. The molecule has 5 atom stereocenters. The molecule has 2 aromatic carbocycles. The zero-order valence-electron chi connectivity index (χ0n) is 22.7. The van der Waals surface area contributed by atoms with Crippen molar-refractivity contribution in [2.45, 2.75) is 63.7 Å². The highest BCUT2D eigenvalue weighted by Crippen LogP contribution is 2.14. The number of nitrogens with two attached hydrogens (primary N) is 1. The van der Waals surface area contributed by atoms with Gasteiger partial charge in [0.2, 0.25) is 17.7 Å². The van der Waals surface area contributed by atoms with Gasteiger partial charge in [-0.1, -0.05) is 44.5 Å². The van der Waals surface area contributed by atoms with Gasteiger partial charge < -0.3 is 42.1 Å². The summed E-state index contributed by atoms with van der Waals surface area (Å²) < 4.78 is 0. The fourth-order valence-electron chi connectivity index (χ4n) is 3.85. The first-order valence-electron chi connectivity index (χ1n) is 13.0. The molecule has 9 N–H and O–H groups in total. The molecule has 41 heavy (non-hydrogen) atoms. The lowest BCUT2D eigenvalue weighted by molar-refractivity contribution is -0.143. The molecule has 2 aromatic rings. The number of phenols is 2. The smallest absolute Gasteiger partial charge is 0.326 e. The molecular formula is C28H36N4O9. The molecule has 3 amide bonds. The number of rotatable bonds is 15. The van der Waals surface area contributed by atoms with Crippen LogP contribution in [0, 0.1) is 5.92 Å². The summed E-state index contributed by atoms with van der Waals surface area (Å²) in [5, 5.41) is 45.3. The molecule has 0 saturated carbocycles. The Morgan fingerprint density at radius 3 is 1.56 bits per heavy atom. The van der Waals surface area contributed by atoms with Crippen LogP contribution in [-0.4, -0.2) is 74.3 Å². The highest BCUT2D eigenvalue weighted by atomic mass is 16.4. The summed E-state index contributed by atoms with van der Waals surface area (Å²) in [5.41, 5.74) is 6.93. The summed E-state index contributed by atoms with van der Waals surface area (Å²) >= 11 is 0. The second kappa shape index (κ2) is 15.2. The van der Waals surface area contributed by atoms with Gasteiger partial charge in [-0.3, -0.25) is 19.2 Å². The van der Waals surface area contributed by atoms with Gasteiger partial charge in [-0.05, 0) is 41.3 Å². The predicted molar refractivity (Wildman–Crippen MR) is 147 cm³/mol. The highest BCUT2D eigenvalue weighted by Gasteiger charge is 2.32. The van der Waals surface area contributed by atoms with Crippen LogP contribution >= 0.6 is 0 Å². The Bertz CT molecular complexity index is 1220. The monoisotopic (exact) mass is 572 g/mol. The average Bonchev–Trinajstić information content (AvgIpc) is 2.92. The van der Waals surface area contributed by atoms with Gasteiger partial charge in [0.05, 0.1) is 12.5 Å². The van der Waals surface area contributed by atoms with Crippen molar-refractivity contribution in [3.05, 3.63) is 59.7 Å². The number of carboxylic acids is 2. The van der Waals surface area contributed by atoms with Gasteiger partial charge in [0.1, 0.15) is 29.6 Å². The lowest BCUT2D eigenvalue weighted by Crippen LogP contribution is -2.58. The van der Waals surface area contributed by atoms with Gasteiger partial charge in [-0.25, -0.2) is 4.79 Å². The van der Waals surface area contributed by atoms with Crippen LogP contribution in [0.1, 0.15) is 37.8 Å². The molecule has 222 valence electrons. The SMILES string of the molecule is CCC(C)C(N)C(=O)NC(CC(=O)O)C(=O)NC(Cc1ccc(O)cc1)C(=O)NC(Cc1ccc(O)cc1)C(=O)O. The fraction of sp³-hybridized carbons (Fsp3) is 0.393. The number of aromatic hydroxyl groups is 2. The van der Waals surface area contributed by atoms with Crippen LogP contribution in [0.2, 0.25) is 0 Å². The molecular weight excluding hydrogens is 536 g/mol. The summed E-state index contributed by atoms with van der Waals surface area (Å²) in [5.74, 6) is -5.65. The van der Waals surface area contributed by atoms with Crippen LogP contribution in [0.15, 0.2) is 48.5 Å². The molecule has 0 fully saturated rings. The molecule has 13 heteroatoms. The zero-order chi connectivity index (χ0) is 30.7. The van der Waals surface area contributed by atoms with E-state index in [0.29, 0.717) is 17.5 Å². The van der Waals surface area contributed by atoms with E-state index in [-0.39, 0.29) is 30.3 Å². The fourth-order valence-corrected chi connectivity index (χ4v) is 3.85. The minimum Gasteiger partial charge on any atom is -0.508 e. The first-order chi connectivity index (χ1) is 19.3. The quantitative estimate of drug-likeness (QED) is 0.145. The topological polar surface area (TPSA) is 228 Å². The number of phenolic OH excluding ortho intramolecular Hbond substituents is 2. The normalized spacial score (nSPS) is 14.5. The summed E-state index contributed by atoms with van der Waals surface area (Å²) in [6.07, 6.45) is -0.513. The minimum atomic E-state index is -1.57. The Morgan fingerprint density at radius 1 is 0.707 bits per heavy atom. The van der Waals surface area contributed by atoms with Crippen molar-refractivity contribution in [1.82, 2.24) is 16.0 Å². The maximum atomic E-state index is 13.3. The summed E-state index contributed by atoms with van der Waals surface area (Å²) in [6, 6.07) is 6.08. The van der Waals surface area contributed by atoms with Gasteiger partial charge in [0.15, 0.2) is 0 Å². The van der Waals surface area contributed by atoms with Crippen molar-refractivity contribution >= 4 is 29.7 Å². The number of carbonyl (C=O) groups is 5. The van der Waals surface area contributed by atoms with Crippen molar-refractivity contribution in [3.63, 3.8) is 0 Å². The van der Waals surface area contributed by atoms with E-state index >= 15 is 0 Å². The van der Waals surface area contributed by atoms with E-state index < -0.39 is 60.2 Å². The van der Waals surface area contributed by atoms with Crippen molar-refractivity contribution in [3.8, 4) is 11.5 Å². The highest BCUT2D eigenvalue weighted by molar-refractivity contribution is 5.95. The van der Waals surface area contributed by atoms with E-state index in [1.54, 1.807) is 6.92 Å². The molecule has 2 rings (SSSR count). The van der Waals surface area contributed by atoms with Crippen LogP contribution in [0.5, 0.6) is 11.5 Å². The molecule has 0 heterocycles. The Labute approximate surface area is 236 Å². The Morgan fingerprint density at radius 2 is 1.12 bits per heavy atom. The summed E-state index contributed by atoms with van der Waals surface area (Å²) in [6.45, 7) is 3.55. The molecule has 0 saturated heterocycles. The lowest BCUT2D eigenvalue weighted by Gasteiger charge is -2.25. The van der Waals surface area contributed by atoms with Gasteiger partial charge >= 0.3 is 11.9 Å². The number of carbonyl (C=O) groups excluding carboxylic acids is 3. The molecule has 0 spiro atoms. The van der Waals surface area contributed by atoms with Crippen LogP contribution in [0.4, 0.5) is 0 Å². The van der Waals surface area contributed by atoms with E-state index in [2.05, 4.69) is 16.0 Å². The van der Waals surface area contributed by atoms with Crippen LogP contribution in [-0.2, 0) is 36.8 Å². The number of hydrogen-bond acceptors (Lipinski definition) is 8. The minimum absolute atomic E-state index is 0.0190. The summed E-state index contributed by atoms with van der Waals surface area (Å²) in [4.78, 5) is 62.5. The van der Waals surface area contributed by atoms with Crippen molar-refractivity contribution in [2.24, 2.45) is 11.7 Å². The average molecular weight is 573 g/mol. The zero-order valence-corrected chi connectivity index (χ0v) is 22.7. The van der Waals surface area contributed by atoms with Crippen LogP contribution in [0.3, 0.4) is 0 Å². The molecule has 13 nitrogen and oxygen atoms in total. The molecule has 0 aliphatic carbocycles. The van der Waals surface area contributed by atoms with E-state index in [9.17, 15) is 44.4 Å². The van der Waals surface area contributed by atoms with E-state index in [4.69, 9.17) is 5.73 Å². The van der Waals surface area contributed by atoms with Crippen molar-refractivity contribution in [1.29, 1.82) is 0 Å². The van der Waals surface area contributed by atoms with Gasteiger partial charge in [0.25, 0.3) is 0 Å². The lowest BCUT2D eigenvalue weighted by atomic mass is 9.98. The van der Waals surface area contributed by atoms with Crippen LogP contribution in [0.25, 0.3) is 0 Å². The first-order valence-corrected chi connectivity index (χ1v) is 13.0. The van der Waals surface area contributed by atoms with Crippen LogP contribution < -0.4 is 21.7 Å². The third-order valence-corrected chi connectivity index (χ3v) is 6.57. The third kappa shape index (κ3) is 10.4. The van der Waals surface area contributed by atoms with Gasteiger partial charge in [0, 0.05) is 12.8 Å². The Hall–Kier alpha value is -4.65. The second-order valence-corrected chi connectivity index (χ2v) is 9.77. The van der Waals surface area contributed by atoms with Gasteiger partial charge in [-0.15, -0.1) is 0 Å². The Balaban J connectivity index is 2.29. The number of hydrogen-bond donors (Lipinski definition) is 8. The summed E-state index contributed by atoms with van der Waals surface area (Å²) in [7, 11) is 0. The number of amides is 3. The van der Waals surface area contributed by atoms with Crippen molar-refractivity contribution < 1.29 is 44.4 Å². The van der Waals surface area contributed by atoms with Gasteiger partial charge in [-0.2, -0.15) is 0 Å². The number of benzene rings is 2. The maximum absolute atomic E-state index is 13.3. The second-order valence-electron chi connectivity index (χ2n) is 9.77. The van der Waals surface area contributed by atoms with E-state index in [0.717, 1.165) is 0 Å². The van der Waals surface area contributed by atoms with Crippen molar-refractivity contribution in [2.75, 3.05) is 0 Å². The molecule has 5 unspecified atom stereocenters. The largest absolute Gasteiger partial charge is 0.508 e. The first kappa shape index (κ1) is 32.6.